The Balaban J connectivity index is 1.87. The molecule has 0 aromatic carbocycles. The van der Waals surface area contributed by atoms with E-state index in [-0.39, 0.29) is 18.5 Å². The van der Waals surface area contributed by atoms with E-state index in [1.54, 1.807) is 6.08 Å². The summed E-state index contributed by atoms with van der Waals surface area (Å²) >= 11 is 0. The molecule has 11 nitrogen and oxygen atoms in total. The molecule has 0 radical (unpaired) electrons. The summed E-state index contributed by atoms with van der Waals surface area (Å²) in [5.74, 6) is -0.168. The predicted octanol–water partition coefficient (Wildman–Crippen LogP) is 22.5. The number of carbonyl (C=O) groups is 2. The van der Waals surface area contributed by atoms with Gasteiger partial charge in [0, 0.05) is 12.8 Å². The molecule has 1 heterocycles. The van der Waals surface area contributed by atoms with Crippen molar-refractivity contribution >= 4 is 11.9 Å². The number of rotatable bonds is 74. The third-order valence-corrected chi connectivity index (χ3v) is 19.7. The number of hydrogen-bond acceptors (Lipinski definition) is 10. The minimum absolute atomic E-state index is 0.0211. The van der Waals surface area contributed by atoms with Crippen LogP contribution in [0, 0.1) is 0 Å². The number of unbranched alkanes of at least 4 members (excludes halogenated alkanes) is 56. The Hall–Kier alpha value is -2.12. The lowest BCUT2D eigenvalue weighted by molar-refractivity contribution is -0.302. The monoisotopic (exact) mass is 1330 g/mol. The van der Waals surface area contributed by atoms with Gasteiger partial charge in [0.2, 0.25) is 5.91 Å². The van der Waals surface area contributed by atoms with Crippen LogP contribution in [-0.2, 0) is 23.8 Å². The fourth-order valence-corrected chi connectivity index (χ4v) is 13.3. The zero-order chi connectivity index (χ0) is 67.9. The average molecular weight is 1330 g/mol. The number of carbonyl (C=O) groups excluding carboxylic acids is 2. The first kappa shape index (κ1) is 89.9. The van der Waals surface area contributed by atoms with E-state index in [4.69, 9.17) is 14.2 Å². The Morgan fingerprint density at radius 2 is 0.691 bits per heavy atom. The van der Waals surface area contributed by atoms with Crippen LogP contribution in [0.3, 0.4) is 0 Å². The number of aliphatic hydroxyl groups is 5. The van der Waals surface area contributed by atoms with Gasteiger partial charge in [0.1, 0.15) is 24.4 Å². The summed E-state index contributed by atoms with van der Waals surface area (Å²) in [5, 5.41) is 54.5. The van der Waals surface area contributed by atoms with Crippen molar-refractivity contribution < 1.29 is 49.3 Å². The molecule has 0 aromatic heterocycles. The maximum Gasteiger partial charge on any atom is 0.305 e. The van der Waals surface area contributed by atoms with Crippen molar-refractivity contribution in [1.82, 2.24) is 5.32 Å². The topological polar surface area (TPSA) is 175 Å². The Bertz CT molecular complexity index is 1660. The van der Waals surface area contributed by atoms with E-state index in [0.29, 0.717) is 19.4 Å². The fraction of sp³-hybridized carbons (Fsp3) is 0.904. The molecule has 1 saturated heterocycles. The SMILES string of the molecule is CCCCC/C=C/CC/C=C/CC/C=C/C(O)C(COC1OC(CO)C(O)C(O)C1O)NC(=O)CCCCCCCCCCCCCCCCCCCCCCCCCCCCCCCCCCCCCCCCCOC(=O)CCCCCCCCCCCCCCCC. The maximum absolute atomic E-state index is 13.1. The van der Waals surface area contributed by atoms with Gasteiger partial charge in [-0.3, -0.25) is 9.59 Å². The fourth-order valence-electron chi connectivity index (χ4n) is 13.3. The van der Waals surface area contributed by atoms with Gasteiger partial charge in [-0.15, -0.1) is 0 Å². The first-order valence-corrected chi connectivity index (χ1v) is 41.3. The summed E-state index contributed by atoms with van der Waals surface area (Å²) in [6.07, 6.45) is 84.9. The summed E-state index contributed by atoms with van der Waals surface area (Å²) < 4.78 is 16.8. The van der Waals surface area contributed by atoms with Crippen LogP contribution in [0.5, 0.6) is 0 Å². The summed E-state index contributed by atoms with van der Waals surface area (Å²) in [5.41, 5.74) is 0. The van der Waals surface area contributed by atoms with Gasteiger partial charge >= 0.3 is 5.97 Å². The average Bonchev–Trinajstić information content (AvgIpc) is 0.844. The normalized spacial score (nSPS) is 17.5. The van der Waals surface area contributed by atoms with E-state index in [1.165, 1.54) is 327 Å². The molecule has 0 aromatic rings. The third-order valence-electron chi connectivity index (χ3n) is 19.7. The molecule has 1 fully saturated rings. The molecule has 11 heteroatoms. The molecule has 94 heavy (non-hydrogen) atoms. The highest BCUT2D eigenvalue weighted by Crippen LogP contribution is 2.24. The molecule has 1 amide bonds. The first-order chi connectivity index (χ1) is 46.2. The second-order valence-corrected chi connectivity index (χ2v) is 28.8. The second-order valence-electron chi connectivity index (χ2n) is 28.8. The van der Waals surface area contributed by atoms with E-state index in [1.807, 2.05) is 6.08 Å². The van der Waals surface area contributed by atoms with Crippen molar-refractivity contribution in [1.29, 1.82) is 0 Å². The summed E-state index contributed by atoms with van der Waals surface area (Å²) in [4.78, 5) is 25.2. The second kappa shape index (κ2) is 72.1. The van der Waals surface area contributed by atoms with Crippen LogP contribution in [0.1, 0.15) is 418 Å². The summed E-state index contributed by atoms with van der Waals surface area (Å²) in [7, 11) is 0. The van der Waals surface area contributed by atoms with Crippen LogP contribution >= 0.6 is 0 Å². The van der Waals surface area contributed by atoms with E-state index >= 15 is 0 Å². The molecule has 1 aliphatic rings. The number of esters is 1. The molecule has 7 unspecified atom stereocenters. The standard InChI is InChI=1S/C83H157NO10/c1-3-5-7-9-11-13-15-17-47-51-55-59-63-67-71-79(88)92-72-68-64-60-56-52-48-44-42-40-38-36-34-32-30-28-26-24-22-20-18-19-21-23-25-27-29-31-33-35-37-39-41-43-46-50-54-58-62-66-70-78(87)84-75(74-93-83-82(91)81(90)80(89)77(73-85)94-83)76(86)69-65-61-57-53-49-45-16-14-12-10-8-6-4-2/h12,14,49,53,65,69,75-77,80-83,85-86,89-91H,3-11,13,15-48,50-52,54-64,66-68,70-74H2,1-2H3,(H,84,87)/b14-12+,53-49+,69-65+. The Morgan fingerprint density at radius 1 is 0.383 bits per heavy atom. The van der Waals surface area contributed by atoms with E-state index in [2.05, 4.69) is 43.5 Å². The minimum atomic E-state index is -1.58. The lowest BCUT2D eigenvalue weighted by Crippen LogP contribution is -2.60. The lowest BCUT2D eigenvalue weighted by Gasteiger charge is -2.40. The van der Waals surface area contributed by atoms with Crippen LogP contribution in [-0.4, -0.2) is 100 Å². The summed E-state index contributed by atoms with van der Waals surface area (Å²) in [6.45, 7) is 4.35. The van der Waals surface area contributed by atoms with Gasteiger partial charge in [0.05, 0.1) is 32.0 Å². The van der Waals surface area contributed by atoms with Crippen molar-refractivity contribution in [2.24, 2.45) is 0 Å². The Labute approximate surface area is 581 Å². The quantitative estimate of drug-likeness (QED) is 0.0195. The van der Waals surface area contributed by atoms with Crippen molar-refractivity contribution in [2.45, 2.75) is 461 Å². The smallest absolute Gasteiger partial charge is 0.305 e. The van der Waals surface area contributed by atoms with Gasteiger partial charge in [-0.2, -0.15) is 0 Å². The molecule has 1 aliphatic heterocycles. The maximum atomic E-state index is 13.1. The number of nitrogens with one attached hydrogen (secondary N) is 1. The van der Waals surface area contributed by atoms with Gasteiger partial charge in [-0.1, -0.05) is 384 Å². The largest absolute Gasteiger partial charge is 0.466 e. The lowest BCUT2D eigenvalue weighted by atomic mass is 9.99. The van der Waals surface area contributed by atoms with Gasteiger partial charge in [-0.05, 0) is 57.8 Å². The minimum Gasteiger partial charge on any atom is -0.466 e. The molecular formula is C83H157NO10. The van der Waals surface area contributed by atoms with E-state index in [0.717, 1.165) is 64.2 Å². The number of ether oxygens (including phenoxy) is 3. The van der Waals surface area contributed by atoms with Gasteiger partial charge < -0.3 is 45.1 Å². The zero-order valence-corrected chi connectivity index (χ0v) is 62.0. The molecule has 1 rings (SSSR count). The van der Waals surface area contributed by atoms with Crippen LogP contribution in [0.2, 0.25) is 0 Å². The number of allylic oxidation sites excluding steroid dienone is 5. The van der Waals surface area contributed by atoms with Gasteiger partial charge in [-0.25, -0.2) is 0 Å². The Morgan fingerprint density at radius 3 is 1.05 bits per heavy atom. The molecule has 7 atom stereocenters. The van der Waals surface area contributed by atoms with E-state index in [9.17, 15) is 35.1 Å². The van der Waals surface area contributed by atoms with Gasteiger partial charge in [0.15, 0.2) is 6.29 Å². The number of amides is 1. The van der Waals surface area contributed by atoms with Crippen molar-refractivity contribution in [2.75, 3.05) is 19.8 Å². The molecule has 0 saturated carbocycles. The molecule has 6 N–H and O–H groups in total. The van der Waals surface area contributed by atoms with Crippen molar-refractivity contribution in [3.05, 3.63) is 36.5 Å². The molecular weight excluding hydrogens is 1170 g/mol. The highest BCUT2D eigenvalue weighted by atomic mass is 16.7. The molecule has 0 bridgehead atoms. The number of hydrogen-bond donors (Lipinski definition) is 6. The summed E-state index contributed by atoms with van der Waals surface area (Å²) in [6, 6.07) is -0.830. The van der Waals surface area contributed by atoms with Crippen LogP contribution in [0.25, 0.3) is 0 Å². The predicted molar refractivity (Wildman–Crippen MR) is 398 cm³/mol. The third kappa shape index (κ3) is 59.9. The number of aliphatic hydroxyl groups excluding tert-OH is 5. The van der Waals surface area contributed by atoms with Crippen molar-refractivity contribution in [3.63, 3.8) is 0 Å². The van der Waals surface area contributed by atoms with Crippen LogP contribution in [0.15, 0.2) is 36.5 Å². The van der Waals surface area contributed by atoms with Crippen molar-refractivity contribution in [3.8, 4) is 0 Å². The molecule has 554 valence electrons. The molecule has 0 spiro atoms. The Kier molecular flexibility index (Phi) is 69.0. The highest BCUT2D eigenvalue weighted by Gasteiger charge is 2.44. The first-order valence-electron chi connectivity index (χ1n) is 41.3. The highest BCUT2D eigenvalue weighted by molar-refractivity contribution is 5.76. The molecule has 0 aliphatic carbocycles. The zero-order valence-electron chi connectivity index (χ0n) is 62.0. The van der Waals surface area contributed by atoms with Crippen LogP contribution in [0.4, 0.5) is 0 Å². The van der Waals surface area contributed by atoms with Gasteiger partial charge in [0.25, 0.3) is 0 Å². The van der Waals surface area contributed by atoms with Crippen LogP contribution < -0.4 is 5.32 Å². The van der Waals surface area contributed by atoms with E-state index < -0.39 is 49.5 Å².